The molecule has 3 rings (SSSR count). The number of ether oxygens (including phenoxy) is 1. The largest absolute Gasteiger partial charge is 0.378 e. The molecule has 0 bridgehead atoms. The minimum absolute atomic E-state index is 0.0449. The summed E-state index contributed by atoms with van der Waals surface area (Å²) in [5.41, 5.74) is 5.48. The standard InChI is InChI=1S/C15H15BrClN5O3S/c1-8-11(26-15(19-8)22-2-4-25-5-3-22)14(24)21-20-13(23)10-6-9(16)7-18-12(10)17/h6-7H,2-5H2,1H3,(H,20,23)(H,21,24). The monoisotopic (exact) mass is 459 g/mol. The van der Waals surface area contributed by atoms with Crippen LogP contribution >= 0.6 is 38.9 Å². The van der Waals surface area contributed by atoms with E-state index in [4.69, 9.17) is 16.3 Å². The highest BCUT2D eigenvalue weighted by Gasteiger charge is 2.21. The van der Waals surface area contributed by atoms with E-state index in [9.17, 15) is 9.59 Å². The molecule has 26 heavy (non-hydrogen) atoms. The van der Waals surface area contributed by atoms with Gasteiger partial charge in [0.15, 0.2) is 5.13 Å². The first-order valence-corrected chi connectivity index (χ1v) is 9.66. The van der Waals surface area contributed by atoms with E-state index < -0.39 is 11.8 Å². The van der Waals surface area contributed by atoms with Crippen molar-refractivity contribution < 1.29 is 14.3 Å². The molecule has 2 aromatic rings. The van der Waals surface area contributed by atoms with Gasteiger partial charge in [-0.15, -0.1) is 0 Å². The minimum Gasteiger partial charge on any atom is -0.378 e. The van der Waals surface area contributed by atoms with Gasteiger partial charge in [0.25, 0.3) is 11.8 Å². The molecule has 0 saturated carbocycles. The fraction of sp³-hybridized carbons (Fsp3) is 0.333. The second-order valence-electron chi connectivity index (χ2n) is 5.41. The van der Waals surface area contributed by atoms with Crippen LogP contribution in [0.3, 0.4) is 0 Å². The number of thiazole rings is 1. The average molecular weight is 461 g/mol. The van der Waals surface area contributed by atoms with Crippen LogP contribution in [0.1, 0.15) is 25.7 Å². The third kappa shape index (κ3) is 4.32. The number of hydrazine groups is 1. The molecule has 0 atom stereocenters. The Labute approximate surface area is 167 Å². The zero-order valence-electron chi connectivity index (χ0n) is 13.7. The van der Waals surface area contributed by atoms with Gasteiger partial charge in [0.05, 0.1) is 24.5 Å². The first-order chi connectivity index (χ1) is 12.5. The van der Waals surface area contributed by atoms with E-state index in [-0.39, 0.29) is 10.7 Å². The van der Waals surface area contributed by atoms with Crippen LogP contribution in [0.5, 0.6) is 0 Å². The lowest BCUT2D eigenvalue weighted by atomic mass is 10.3. The van der Waals surface area contributed by atoms with E-state index in [1.807, 2.05) is 0 Å². The van der Waals surface area contributed by atoms with Crippen molar-refractivity contribution in [2.24, 2.45) is 0 Å². The molecule has 138 valence electrons. The number of amides is 2. The smallest absolute Gasteiger partial charge is 0.281 e. The number of carbonyl (C=O) groups is 2. The highest BCUT2D eigenvalue weighted by atomic mass is 79.9. The number of carbonyl (C=O) groups excluding carboxylic acids is 2. The van der Waals surface area contributed by atoms with Crippen molar-refractivity contribution in [2.45, 2.75) is 6.92 Å². The molecule has 1 saturated heterocycles. The third-order valence-electron chi connectivity index (χ3n) is 3.61. The second-order valence-corrected chi connectivity index (χ2v) is 7.66. The molecule has 0 spiro atoms. The number of aryl methyl sites for hydroxylation is 1. The molecule has 2 amide bonds. The Kier molecular flexibility index (Phi) is 6.07. The van der Waals surface area contributed by atoms with Gasteiger partial charge < -0.3 is 9.64 Å². The highest BCUT2D eigenvalue weighted by molar-refractivity contribution is 9.10. The first-order valence-electron chi connectivity index (χ1n) is 7.67. The van der Waals surface area contributed by atoms with Crippen molar-refractivity contribution in [3.8, 4) is 0 Å². The summed E-state index contributed by atoms with van der Waals surface area (Å²) in [6, 6.07) is 1.52. The van der Waals surface area contributed by atoms with Gasteiger partial charge in [0.2, 0.25) is 0 Å². The summed E-state index contributed by atoms with van der Waals surface area (Å²) in [5.74, 6) is -1.00. The molecule has 2 aromatic heterocycles. The lowest BCUT2D eigenvalue weighted by Crippen LogP contribution is -2.41. The molecular weight excluding hydrogens is 446 g/mol. The lowest BCUT2D eigenvalue weighted by molar-refractivity contribution is 0.0848. The minimum atomic E-state index is -0.562. The quantitative estimate of drug-likeness (QED) is 0.538. The Balaban J connectivity index is 1.65. The molecular formula is C15H15BrClN5O3S. The zero-order chi connectivity index (χ0) is 18.7. The van der Waals surface area contributed by atoms with Crippen LogP contribution in [0.4, 0.5) is 5.13 Å². The number of nitrogens with one attached hydrogen (secondary N) is 2. The van der Waals surface area contributed by atoms with Gasteiger partial charge in [-0.2, -0.15) is 0 Å². The molecule has 3 heterocycles. The maximum atomic E-state index is 12.4. The van der Waals surface area contributed by atoms with Crippen molar-refractivity contribution in [3.05, 3.63) is 38.0 Å². The Bertz CT molecular complexity index is 841. The molecule has 2 N–H and O–H groups in total. The lowest BCUT2D eigenvalue weighted by Gasteiger charge is -2.25. The van der Waals surface area contributed by atoms with Crippen molar-refractivity contribution in [2.75, 3.05) is 31.2 Å². The normalized spacial score (nSPS) is 14.2. The predicted octanol–water partition coefficient (Wildman–Crippen LogP) is 2.17. The summed E-state index contributed by atoms with van der Waals surface area (Å²) in [7, 11) is 0. The van der Waals surface area contributed by atoms with Crippen LogP contribution in [-0.2, 0) is 4.74 Å². The molecule has 1 fully saturated rings. The van der Waals surface area contributed by atoms with E-state index >= 15 is 0 Å². The van der Waals surface area contributed by atoms with Crippen molar-refractivity contribution in [3.63, 3.8) is 0 Å². The highest BCUT2D eigenvalue weighted by Crippen LogP contribution is 2.26. The maximum absolute atomic E-state index is 12.4. The fourth-order valence-electron chi connectivity index (χ4n) is 2.30. The number of hydrogen-bond acceptors (Lipinski definition) is 7. The molecule has 8 nitrogen and oxygen atoms in total. The van der Waals surface area contributed by atoms with E-state index in [0.29, 0.717) is 28.3 Å². The van der Waals surface area contributed by atoms with Gasteiger partial charge in [-0.05, 0) is 28.9 Å². The Morgan fingerprint density at radius 2 is 2.00 bits per heavy atom. The SMILES string of the molecule is Cc1nc(N2CCOCC2)sc1C(=O)NNC(=O)c1cc(Br)cnc1Cl. The van der Waals surface area contributed by atoms with E-state index in [1.54, 1.807) is 6.92 Å². The molecule has 0 radical (unpaired) electrons. The molecule has 0 aromatic carbocycles. The zero-order valence-corrected chi connectivity index (χ0v) is 16.9. The number of morpholine rings is 1. The van der Waals surface area contributed by atoms with Gasteiger partial charge in [0.1, 0.15) is 10.0 Å². The second kappa shape index (κ2) is 8.30. The number of hydrogen-bond donors (Lipinski definition) is 2. The Morgan fingerprint density at radius 1 is 1.31 bits per heavy atom. The van der Waals surface area contributed by atoms with Crippen LogP contribution < -0.4 is 15.8 Å². The molecule has 0 aliphatic carbocycles. The van der Waals surface area contributed by atoms with Crippen LogP contribution in [0.15, 0.2) is 16.7 Å². The number of rotatable bonds is 3. The molecule has 0 unspecified atom stereocenters. The predicted molar refractivity (Wildman–Crippen MR) is 102 cm³/mol. The summed E-state index contributed by atoms with van der Waals surface area (Å²) in [4.78, 5) is 35.4. The maximum Gasteiger partial charge on any atom is 0.281 e. The molecule has 11 heteroatoms. The van der Waals surface area contributed by atoms with Crippen LogP contribution in [0.25, 0.3) is 0 Å². The van der Waals surface area contributed by atoms with Gasteiger partial charge in [-0.25, -0.2) is 9.97 Å². The topological polar surface area (TPSA) is 96.5 Å². The summed E-state index contributed by atoms with van der Waals surface area (Å²) < 4.78 is 5.92. The molecule has 1 aliphatic heterocycles. The molecule has 1 aliphatic rings. The summed E-state index contributed by atoms with van der Waals surface area (Å²) >= 11 is 10.4. The number of aromatic nitrogens is 2. The van der Waals surface area contributed by atoms with Crippen molar-refractivity contribution in [1.82, 2.24) is 20.8 Å². The van der Waals surface area contributed by atoms with E-state index in [0.717, 1.165) is 18.2 Å². The van der Waals surface area contributed by atoms with Crippen molar-refractivity contribution >= 4 is 55.8 Å². The number of anilines is 1. The summed E-state index contributed by atoms with van der Waals surface area (Å²) in [5, 5.41) is 0.810. The van der Waals surface area contributed by atoms with Gasteiger partial charge in [-0.3, -0.25) is 20.4 Å². The Morgan fingerprint density at radius 3 is 2.73 bits per heavy atom. The van der Waals surface area contributed by atoms with Crippen LogP contribution in [0, 0.1) is 6.92 Å². The van der Waals surface area contributed by atoms with Gasteiger partial charge in [-0.1, -0.05) is 22.9 Å². The number of nitrogens with zero attached hydrogens (tertiary/aromatic N) is 3. The van der Waals surface area contributed by atoms with Gasteiger partial charge in [0, 0.05) is 23.8 Å². The van der Waals surface area contributed by atoms with Crippen molar-refractivity contribution in [1.29, 1.82) is 0 Å². The van der Waals surface area contributed by atoms with E-state index in [1.165, 1.54) is 23.6 Å². The average Bonchev–Trinajstić information content (AvgIpc) is 3.04. The first kappa shape index (κ1) is 19.0. The number of halogens is 2. The number of pyridine rings is 1. The van der Waals surface area contributed by atoms with E-state index in [2.05, 4.69) is 41.6 Å². The van der Waals surface area contributed by atoms with Gasteiger partial charge >= 0.3 is 0 Å². The summed E-state index contributed by atoms with van der Waals surface area (Å²) in [6.07, 6.45) is 1.48. The Hall–Kier alpha value is -1.75. The fourth-order valence-corrected chi connectivity index (χ4v) is 3.84. The third-order valence-corrected chi connectivity index (χ3v) is 5.56. The summed E-state index contributed by atoms with van der Waals surface area (Å²) in [6.45, 7) is 4.50. The van der Waals surface area contributed by atoms with Crippen LogP contribution in [0.2, 0.25) is 5.15 Å². The van der Waals surface area contributed by atoms with Crippen LogP contribution in [-0.4, -0.2) is 48.1 Å².